The number of hydrogen-bond acceptors (Lipinski definition) is 4. The molecule has 0 bridgehead atoms. The molecule has 2 aromatic heterocycles. The largest absolute Gasteiger partial charge is 0.459 e. The van der Waals surface area contributed by atoms with Crippen molar-refractivity contribution < 1.29 is 9.21 Å². The van der Waals surface area contributed by atoms with Gasteiger partial charge in [-0.1, -0.05) is 12.6 Å². The number of amides is 1. The number of thiophene rings is 1. The lowest BCUT2D eigenvalue weighted by Gasteiger charge is -2.07. The molecule has 0 saturated carbocycles. The Morgan fingerprint density at radius 2 is 2.19 bits per heavy atom. The van der Waals surface area contributed by atoms with Crippen molar-refractivity contribution in [3.8, 4) is 0 Å². The van der Waals surface area contributed by atoms with Crippen LogP contribution in [0.2, 0.25) is 0 Å². The van der Waals surface area contributed by atoms with Crippen molar-refractivity contribution >= 4 is 22.9 Å². The normalized spacial score (nSPS) is 9.75. The molecule has 0 aliphatic carbocycles. The van der Waals surface area contributed by atoms with Gasteiger partial charge in [-0.05, 0) is 23.6 Å². The maximum atomic E-state index is 11.5. The van der Waals surface area contributed by atoms with E-state index in [0.29, 0.717) is 5.70 Å². The number of furan rings is 1. The molecule has 0 spiro atoms. The number of hydrazine groups is 1. The zero-order valence-electron chi connectivity index (χ0n) is 8.40. The van der Waals surface area contributed by atoms with Gasteiger partial charge in [0.05, 0.1) is 16.8 Å². The molecule has 0 aliphatic heterocycles. The van der Waals surface area contributed by atoms with Crippen molar-refractivity contribution in [2.24, 2.45) is 0 Å². The molecule has 0 aliphatic rings. The molecule has 2 heterocycles. The molecular weight excluding hydrogens is 224 g/mol. The number of carbonyl (C=O) groups is 1. The Hall–Kier alpha value is -2.01. The first-order valence-electron chi connectivity index (χ1n) is 4.60. The molecule has 0 saturated heterocycles. The van der Waals surface area contributed by atoms with Gasteiger partial charge in [-0.25, -0.2) is 0 Å². The smallest absolute Gasteiger partial charge is 0.305 e. The van der Waals surface area contributed by atoms with Gasteiger partial charge in [0.25, 0.3) is 0 Å². The Bertz CT molecular complexity index is 428. The second-order valence-corrected chi connectivity index (χ2v) is 3.96. The van der Waals surface area contributed by atoms with E-state index in [1.165, 1.54) is 6.26 Å². The quantitative estimate of drug-likeness (QED) is 0.798. The van der Waals surface area contributed by atoms with Crippen LogP contribution in [0.15, 0.2) is 46.9 Å². The summed E-state index contributed by atoms with van der Waals surface area (Å²) < 4.78 is 4.94. The monoisotopic (exact) mass is 234 g/mol. The van der Waals surface area contributed by atoms with Gasteiger partial charge in [-0.2, -0.15) is 0 Å². The zero-order chi connectivity index (χ0) is 11.4. The van der Waals surface area contributed by atoms with E-state index < -0.39 is 0 Å². The fourth-order valence-corrected chi connectivity index (χ4v) is 1.77. The van der Waals surface area contributed by atoms with Crippen LogP contribution in [0.25, 0.3) is 5.70 Å². The Morgan fingerprint density at radius 3 is 2.81 bits per heavy atom. The first-order chi connectivity index (χ1) is 7.77. The van der Waals surface area contributed by atoms with Gasteiger partial charge in [0.15, 0.2) is 5.76 Å². The van der Waals surface area contributed by atoms with Crippen molar-refractivity contribution in [1.29, 1.82) is 0 Å². The van der Waals surface area contributed by atoms with Gasteiger partial charge in [0, 0.05) is 0 Å². The minimum absolute atomic E-state index is 0.256. The molecule has 16 heavy (non-hydrogen) atoms. The maximum Gasteiger partial charge on any atom is 0.305 e. The van der Waals surface area contributed by atoms with Crippen LogP contribution in [0.4, 0.5) is 0 Å². The molecule has 0 aromatic carbocycles. The minimum Gasteiger partial charge on any atom is -0.459 e. The molecule has 0 atom stereocenters. The number of rotatable bonds is 4. The van der Waals surface area contributed by atoms with E-state index in [0.717, 1.165) is 4.88 Å². The van der Waals surface area contributed by atoms with Gasteiger partial charge in [-0.15, -0.1) is 11.3 Å². The molecule has 2 aromatic rings. The lowest BCUT2D eigenvalue weighted by atomic mass is 10.4. The third-order valence-corrected chi connectivity index (χ3v) is 2.82. The highest BCUT2D eigenvalue weighted by Gasteiger charge is 2.08. The lowest BCUT2D eigenvalue weighted by molar-refractivity contribution is 0.0914. The van der Waals surface area contributed by atoms with Crippen molar-refractivity contribution in [1.82, 2.24) is 10.9 Å². The van der Waals surface area contributed by atoms with Crippen LogP contribution in [0, 0.1) is 0 Å². The predicted octanol–water partition coefficient (Wildman–Crippen LogP) is 2.25. The van der Waals surface area contributed by atoms with E-state index in [4.69, 9.17) is 4.42 Å². The van der Waals surface area contributed by atoms with E-state index in [1.807, 2.05) is 17.5 Å². The molecular formula is C11H10N2O2S. The van der Waals surface area contributed by atoms with Crippen LogP contribution in [0.3, 0.4) is 0 Å². The fourth-order valence-electron chi connectivity index (χ4n) is 1.11. The van der Waals surface area contributed by atoms with E-state index in [9.17, 15) is 4.79 Å². The highest BCUT2D eigenvalue weighted by Crippen LogP contribution is 2.15. The van der Waals surface area contributed by atoms with Gasteiger partial charge >= 0.3 is 5.91 Å². The predicted molar refractivity (Wildman–Crippen MR) is 62.7 cm³/mol. The molecule has 82 valence electrons. The van der Waals surface area contributed by atoms with E-state index in [2.05, 4.69) is 17.4 Å². The van der Waals surface area contributed by atoms with E-state index in [-0.39, 0.29) is 11.7 Å². The molecule has 2 rings (SSSR count). The summed E-state index contributed by atoms with van der Waals surface area (Å²) in [5.41, 5.74) is 5.88. The molecule has 2 N–H and O–H groups in total. The fraction of sp³-hybridized carbons (Fsp3) is 0. The molecule has 0 unspecified atom stereocenters. The second-order valence-electron chi connectivity index (χ2n) is 3.01. The van der Waals surface area contributed by atoms with Crippen LogP contribution in [-0.2, 0) is 0 Å². The van der Waals surface area contributed by atoms with Crippen LogP contribution < -0.4 is 10.9 Å². The summed E-state index contributed by atoms with van der Waals surface area (Å²) in [6.45, 7) is 3.80. The maximum absolute atomic E-state index is 11.5. The molecule has 0 radical (unpaired) electrons. The molecule has 5 heteroatoms. The average molecular weight is 234 g/mol. The first kappa shape index (κ1) is 10.5. The molecule has 0 fully saturated rings. The highest BCUT2D eigenvalue weighted by molar-refractivity contribution is 7.11. The summed E-state index contributed by atoms with van der Waals surface area (Å²) in [4.78, 5) is 12.4. The van der Waals surface area contributed by atoms with Crippen LogP contribution >= 0.6 is 11.3 Å². The summed E-state index contributed by atoms with van der Waals surface area (Å²) in [5, 5.41) is 1.94. The highest BCUT2D eigenvalue weighted by atomic mass is 32.1. The third-order valence-electron chi connectivity index (χ3n) is 1.89. The Labute approximate surface area is 96.6 Å². The Morgan fingerprint density at radius 1 is 1.31 bits per heavy atom. The molecule has 1 amide bonds. The van der Waals surface area contributed by atoms with E-state index in [1.54, 1.807) is 23.5 Å². The Kier molecular flexibility index (Phi) is 3.07. The van der Waals surface area contributed by atoms with Gasteiger partial charge in [0.2, 0.25) is 0 Å². The van der Waals surface area contributed by atoms with Crippen LogP contribution in [0.5, 0.6) is 0 Å². The van der Waals surface area contributed by atoms with Crippen LogP contribution in [0.1, 0.15) is 15.4 Å². The first-order valence-corrected chi connectivity index (χ1v) is 5.48. The molecule has 4 nitrogen and oxygen atoms in total. The summed E-state index contributed by atoms with van der Waals surface area (Å²) >= 11 is 1.54. The topological polar surface area (TPSA) is 54.3 Å². The van der Waals surface area contributed by atoms with Gasteiger partial charge < -0.3 is 4.42 Å². The standard InChI is InChI=1S/C11H10N2O2S/c1-8(10-5-3-7-16-10)12-13-11(14)9-4-2-6-15-9/h2-7,12H,1H2,(H,13,14). The van der Waals surface area contributed by atoms with Crippen molar-refractivity contribution in [2.75, 3.05) is 0 Å². The number of nitrogens with one attached hydrogen (secondary N) is 2. The summed E-state index contributed by atoms with van der Waals surface area (Å²) in [5.74, 6) is -0.0748. The van der Waals surface area contributed by atoms with Crippen LogP contribution in [-0.4, -0.2) is 5.91 Å². The summed E-state index contributed by atoms with van der Waals surface area (Å²) in [6, 6.07) is 7.08. The zero-order valence-corrected chi connectivity index (χ0v) is 9.21. The van der Waals surface area contributed by atoms with Crippen molar-refractivity contribution in [3.63, 3.8) is 0 Å². The van der Waals surface area contributed by atoms with Crippen molar-refractivity contribution in [3.05, 3.63) is 53.1 Å². The third kappa shape index (κ3) is 2.32. The number of carbonyl (C=O) groups excluding carboxylic acids is 1. The van der Waals surface area contributed by atoms with Gasteiger partial charge in [-0.3, -0.25) is 15.6 Å². The SMILES string of the molecule is C=C(NNC(=O)c1ccco1)c1cccs1. The average Bonchev–Trinajstić information content (AvgIpc) is 2.95. The van der Waals surface area contributed by atoms with Crippen molar-refractivity contribution in [2.45, 2.75) is 0 Å². The van der Waals surface area contributed by atoms with Gasteiger partial charge in [0.1, 0.15) is 0 Å². The summed E-state index contributed by atoms with van der Waals surface area (Å²) in [6.07, 6.45) is 1.45. The Balaban J connectivity index is 1.89. The minimum atomic E-state index is -0.331. The van der Waals surface area contributed by atoms with E-state index >= 15 is 0 Å². The lowest BCUT2D eigenvalue weighted by Crippen LogP contribution is -2.35. The summed E-state index contributed by atoms with van der Waals surface area (Å²) in [7, 11) is 0. The number of hydrogen-bond donors (Lipinski definition) is 2. The second kappa shape index (κ2) is 4.67.